The summed E-state index contributed by atoms with van der Waals surface area (Å²) in [6.07, 6.45) is 0.373. The quantitative estimate of drug-likeness (QED) is 0.636. The molecule has 3 aromatic rings. The summed E-state index contributed by atoms with van der Waals surface area (Å²) >= 11 is 0. The first-order valence-corrected chi connectivity index (χ1v) is 8.94. The predicted octanol–water partition coefficient (Wildman–Crippen LogP) is 4.80. The lowest BCUT2D eigenvalue weighted by Gasteiger charge is -2.09. The highest BCUT2D eigenvalue weighted by Gasteiger charge is 2.04. The normalized spacial score (nSPS) is 10.3. The van der Waals surface area contributed by atoms with E-state index in [1.54, 1.807) is 7.11 Å². The van der Waals surface area contributed by atoms with Gasteiger partial charge in [0.25, 0.3) is 0 Å². The van der Waals surface area contributed by atoms with Gasteiger partial charge in [0.1, 0.15) is 5.75 Å². The zero-order valence-corrected chi connectivity index (χ0v) is 15.7. The minimum Gasteiger partial charge on any atom is -0.497 e. The van der Waals surface area contributed by atoms with Crippen molar-refractivity contribution in [2.24, 2.45) is 0 Å². The van der Waals surface area contributed by atoms with Gasteiger partial charge in [-0.15, -0.1) is 0 Å². The van der Waals surface area contributed by atoms with Crippen molar-refractivity contribution < 1.29 is 9.53 Å². The molecule has 0 atom stereocenters. The number of nitrogens with one attached hydrogen (secondary N) is 2. The first-order chi connectivity index (χ1) is 13.1. The maximum atomic E-state index is 12.2. The second-order valence-corrected chi connectivity index (χ2v) is 6.49. The smallest absolute Gasteiger partial charge is 0.228 e. The third-order valence-electron chi connectivity index (χ3n) is 4.31. The van der Waals surface area contributed by atoms with Crippen LogP contribution in [-0.2, 0) is 17.8 Å². The summed E-state index contributed by atoms with van der Waals surface area (Å²) < 4.78 is 5.16. The van der Waals surface area contributed by atoms with Crippen LogP contribution in [0.5, 0.6) is 5.75 Å². The third-order valence-corrected chi connectivity index (χ3v) is 4.31. The van der Waals surface area contributed by atoms with Crippen molar-refractivity contribution in [2.75, 3.05) is 17.7 Å². The Bertz CT molecular complexity index is 870. The maximum Gasteiger partial charge on any atom is 0.228 e. The summed E-state index contributed by atoms with van der Waals surface area (Å²) in [4.78, 5) is 12.2. The zero-order chi connectivity index (χ0) is 19.1. The van der Waals surface area contributed by atoms with E-state index in [1.165, 1.54) is 11.1 Å². The maximum absolute atomic E-state index is 12.2. The van der Waals surface area contributed by atoms with Gasteiger partial charge in [0.15, 0.2) is 0 Å². The molecule has 3 aromatic carbocycles. The van der Waals surface area contributed by atoms with Crippen LogP contribution in [0, 0.1) is 6.92 Å². The summed E-state index contributed by atoms with van der Waals surface area (Å²) in [5.74, 6) is 0.835. The van der Waals surface area contributed by atoms with Crippen molar-refractivity contribution in [3.63, 3.8) is 0 Å². The van der Waals surface area contributed by atoms with Crippen LogP contribution in [0.25, 0.3) is 0 Å². The molecule has 0 spiro atoms. The minimum atomic E-state index is -0.0159. The van der Waals surface area contributed by atoms with Crippen molar-refractivity contribution in [2.45, 2.75) is 19.9 Å². The average Bonchev–Trinajstić information content (AvgIpc) is 2.69. The Balaban J connectivity index is 1.50. The van der Waals surface area contributed by atoms with Gasteiger partial charge in [-0.2, -0.15) is 0 Å². The molecule has 0 unspecified atom stereocenters. The molecule has 0 heterocycles. The highest BCUT2D eigenvalue weighted by molar-refractivity contribution is 5.92. The number of carbonyl (C=O) groups is 1. The Kier molecular flexibility index (Phi) is 6.10. The fourth-order valence-corrected chi connectivity index (χ4v) is 2.72. The predicted molar refractivity (Wildman–Crippen MR) is 110 cm³/mol. The Morgan fingerprint density at radius 1 is 0.815 bits per heavy atom. The van der Waals surface area contributed by atoms with Gasteiger partial charge in [0.2, 0.25) is 5.91 Å². The average molecular weight is 360 g/mol. The van der Waals surface area contributed by atoms with Crippen LogP contribution in [0.4, 0.5) is 11.4 Å². The number of methoxy groups -OCH3 is 1. The molecule has 4 nitrogen and oxygen atoms in total. The summed E-state index contributed by atoms with van der Waals surface area (Å²) in [5, 5.41) is 6.31. The molecule has 138 valence electrons. The van der Waals surface area contributed by atoms with Crippen molar-refractivity contribution in [1.29, 1.82) is 0 Å². The van der Waals surface area contributed by atoms with Crippen LogP contribution < -0.4 is 15.4 Å². The summed E-state index contributed by atoms with van der Waals surface area (Å²) in [7, 11) is 1.66. The summed E-state index contributed by atoms with van der Waals surface area (Å²) in [6.45, 7) is 2.76. The Hall–Kier alpha value is -3.27. The van der Waals surface area contributed by atoms with E-state index in [1.807, 2.05) is 79.7 Å². The van der Waals surface area contributed by atoms with Crippen molar-refractivity contribution in [3.8, 4) is 5.75 Å². The van der Waals surface area contributed by atoms with E-state index in [4.69, 9.17) is 4.74 Å². The van der Waals surface area contributed by atoms with Crippen molar-refractivity contribution in [3.05, 3.63) is 89.5 Å². The fraction of sp³-hybridized carbons (Fsp3) is 0.174. The van der Waals surface area contributed by atoms with Crippen LogP contribution in [0.15, 0.2) is 72.8 Å². The van der Waals surface area contributed by atoms with E-state index in [-0.39, 0.29) is 5.91 Å². The van der Waals surface area contributed by atoms with E-state index in [0.29, 0.717) is 6.42 Å². The number of amides is 1. The lowest BCUT2D eigenvalue weighted by Crippen LogP contribution is -2.14. The van der Waals surface area contributed by atoms with Crippen molar-refractivity contribution in [1.82, 2.24) is 0 Å². The number of benzene rings is 3. The highest BCUT2D eigenvalue weighted by atomic mass is 16.5. The van der Waals surface area contributed by atoms with Gasteiger partial charge in [-0.3, -0.25) is 4.79 Å². The van der Waals surface area contributed by atoms with Gasteiger partial charge in [-0.25, -0.2) is 0 Å². The molecule has 0 saturated heterocycles. The van der Waals surface area contributed by atoms with Gasteiger partial charge < -0.3 is 15.4 Å². The molecule has 1 amide bonds. The molecular formula is C23H24N2O2. The Labute approximate surface area is 160 Å². The lowest BCUT2D eigenvalue weighted by molar-refractivity contribution is -0.115. The molecule has 3 rings (SSSR count). The van der Waals surface area contributed by atoms with Crippen LogP contribution in [0.3, 0.4) is 0 Å². The fourth-order valence-electron chi connectivity index (χ4n) is 2.72. The zero-order valence-electron chi connectivity index (χ0n) is 15.7. The molecule has 27 heavy (non-hydrogen) atoms. The number of aryl methyl sites for hydroxylation is 1. The van der Waals surface area contributed by atoms with Crippen LogP contribution in [-0.4, -0.2) is 13.0 Å². The largest absolute Gasteiger partial charge is 0.497 e. The van der Waals surface area contributed by atoms with Crippen LogP contribution in [0.1, 0.15) is 16.7 Å². The number of rotatable bonds is 7. The molecule has 0 saturated carbocycles. The second kappa shape index (κ2) is 8.90. The molecule has 0 fully saturated rings. The number of carbonyl (C=O) groups excluding carboxylic acids is 1. The Morgan fingerprint density at radius 3 is 2.04 bits per heavy atom. The van der Waals surface area contributed by atoms with Crippen LogP contribution >= 0.6 is 0 Å². The van der Waals surface area contributed by atoms with E-state index in [9.17, 15) is 4.79 Å². The molecule has 0 aliphatic rings. The molecule has 0 aliphatic carbocycles. The van der Waals surface area contributed by atoms with Gasteiger partial charge in [0.05, 0.1) is 13.5 Å². The van der Waals surface area contributed by atoms with E-state index < -0.39 is 0 Å². The second-order valence-electron chi connectivity index (χ2n) is 6.49. The molecular weight excluding hydrogens is 336 g/mol. The van der Waals surface area contributed by atoms with Gasteiger partial charge in [-0.05, 0) is 54.4 Å². The SMILES string of the molecule is COc1ccc(CNc2ccc(NC(=O)Cc3ccc(C)cc3)cc2)cc1. The monoisotopic (exact) mass is 360 g/mol. The topological polar surface area (TPSA) is 50.4 Å². The number of ether oxygens (including phenoxy) is 1. The summed E-state index contributed by atoms with van der Waals surface area (Å²) in [6, 6.07) is 23.7. The standard InChI is InChI=1S/C23H24N2O2/c1-17-3-5-18(6-4-17)15-23(26)25-21-11-9-20(10-12-21)24-16-19-7-13-22(27-2)14-8-19/h3-14,24H,15-16H2,1-2H3,(H,25,26). The van der Waals surface area contributed by atoms with E-state index >= 15 is 0 Å². The van der Waals surface area contributed by atoms with Gasteiger partial charge in [-0.1, -0.05) is 42.0 Å². The van der Waals surface area contributed by atoms with Gasteiger partial charge in [0, 0.05) is 17.9 Å². The minimum absolute atomic E-state index is 0.0159. The number of anilines is 2. The summed E-state index contributed by atoms with van der Waals surface area (Å²) in [5.41, 5.74) is 5.17. The molecule has 2 N–H and O–H groups in total. The van der Waals surface area contributed by atoms with E-state index in [2.05, 4.69) is 10.6 Å². The van der Waals surface area contributed by atoms with E-state index in [0.717, 1.165) is 29.2 Å². The van der Waals surface area contributed by atoms with Crippen molar-refractivity contribution >= 4 is 17.3 Å². The molecule has 0 radical (unpaired) electrons. The molecule has 0 bridgehead atoms. The Morgan fingerprint density at radius 2 is 1.41 bits per heavy atom. The highest BCUT2D eigenvalue weighted by Crippen LogP contribution is 2.16. The first kappa shape index (κ1) is 18.5. The lowest BCUT2D eigenvalue weighted by atomic mass is 10.1. The van der Waals surface area contributed by atoms with Gasteiger partial charge >= 0.3 is 0 Å². The number of hydrogen-bond donors (Lipinski definition) is 2. The molecule has 0 aromatic heterocycles. The first-order valence-electron chi connectivity index (χ1n) is 8.94. The third kappa shape index (κ3) is 5.61. The molecule has 0 aliphatic heterocycles. The molecule has 4 heteroatoms. The van der Waals surface area contributed by atoms with Crippen LogP contribution in [0.2, 0.25) is 0 Å². The number of hydrogen-bond acceptors (Lipinski definition) is 3.